The second-order valence-electron chi connectivity index (χ2n) is 3.89. The summed E-state index contributed by atoms with van der Waals surface area (Å²) in [5.41, 5.74) is 7.03. The van der Waals surface area contributed by atoms with Crippen molar-refractivity contribution in [1.29, 1.82) is 0 Å². The van der Waals surface area contributed by atoms with E-state index in [1.807, 2.05) is 24.3 Å². The summed E-state index contributed by atoms with van der Waals surface area (Å²) in [6, 6.07) is 8.08. The number of nitrogens with two attached hydrogens (primary N) is 1. The zero-order valence-corrected chi connectivity index (χ0v) is 10.00. The van der Waals surface area contributed by atoms with Crippen LogP contribution in [0.25, 0.3) is 0 Å². The highest BCUT2D eigenvalue weighted by atomic mass is 16.5. The molecule has 0 spiro atoms. The summed E-state index contributed by atoms with van der Waals surface area (Å²) in [5, 5.41) is 4.05. The first kappa shape index (κ1) is 11.6. The molecule has 5 heteroatoms. The van der Waals surface area contributed by atoms with Crippen LogP contribution in [0.4, 0.5) is 0 Å². The van der Waals surface area contributed by atoms with Crippen LogP contribution in [0.15, 0.2) is 30.6 Å². The monoisotopic (exact) mass is 232 g/mol. The first-order valence-electron chi connectivity index (χ1n) is 5.58. The summed E-state index contributed by atoms with van der Waals surface area (Å²) in [5.74, 6) is 0.706. The molecule has 0 aliphatic carbocycles. The second kappa shape index (κ2) is 4.97. The van der Waals surface area contributed by atoms with Crippen molar-refractivity contribution in [2.45, 2.75) is 19.4 Å². The topological polar surface area (TPSA) is 66.0 Å². The van der Waals surface area contributed by atoms with E-state index in [9.17, 15) is 0 Å². The average molecular weight is 232 g/mol. The fraction of sp³-hybridized carbons (Fsp3) is 0.333. The molecule has 1 heterocycles. The van der Waals surface area contributed by atoms with Crippen molar-refractivity contribution in [2.24, 2.45) is 12.8 Å². The van der Waals surface area contributed by atoms with E-state index in [-0.39, 0.29) is 6.04 Å². The first-order valence-corrected chi connectivity index (χ1v) is 5.58. The Hall–Kier alpha value is -1.88. The van der Waals surface area contributed by atoms with Crippen LogP contribution in [0.3, 0.4) is 0 Å². The van der Waals surface area contributed by atoms with Gasteiger partial charge in [0.25, 0.3) is 0 Å². The minimum atomic E-state index is 0.0373. The van der Waals surface area contributed by atoms with Crippen molar-refractivity contribution in [3.8, 4) is 11.8 Å². The molecule has 0 saturated carbocycles. The maximum atomic E-state index is 5.97. The minimum absolute atomic E-state index is 0.0373. The molecule has 0 saturated heterocycles. The van der Waals surface area contributed by atoms with Crippen molar-refractivity contribution in [2.75, 3.05) is 0 Å². The highest BCUT2D eigenvalue weighted by Gasteiger charge is 2.06. The smallest absolute Gasteiger partial charge is 0.340 e. The molecular formula is C12H16N4O. The number of ether oxygens (including phenoxy) is 1. The van der Waals surface area contributed by atoms with Crippen molar-refractivity contribution in [1.82, 2.24) is 14.8 Å². The molecule has 1 atom stereocenters. The van der Waals surface area contributed by atoms with Gasteiger partial charge in [-0.3, -0.25) is 4.68 Å². The fourth-order valence-corrected chi connectivity index (χ4v) is 1.52. The molecule has 1 aromatic carbocycles. The summed E-state index contributed by atoms with van der Waals surface area (Å²) >= 11 is 0. The van der Waals surface area contributed by atoms with Crippen molar-refractivity contribution in [3.63, 3.8) is 0 Å². The van der Waals surface area contributed by atoms with Crippen LogP contribution in [0, 0.1) is 0 Å². The molecule has 2 rings (SSSR count). The third-order valence-electron chi connectivity index (χ3n) is 2.51. The lowest BCUT2D eigenvalue weighted by Gasteiger charge is -2.10. The van der Waals surface area contributed by atoms with Gasteiger partial charge >= 0.3 is 6.01 Å². The lowest BCUT2D eigenvalue weighted by Crippen LogP contribution is -2.08. The maximum Gasteiger partial charge on any atom is 0.340 e. The molecule has 1 unspecified atom stereocenters. The highest BCUT2D eigenvalue weighted by Crippen LogP contribution is 2.22. The largest absolute Gasteiger partial charge is 0.423 e. The predicted octanol–water partition coefficient (Wildman–Crippen LogP) is 2.02. The molecular weight excluding hydrogens is 216 g/mol. The number of nitrogens with zero attached hydrogens (tertiary/aromatic N) is 3. The van der Waals surface area contributed by atoms with E-state index >= 15 is 0 Å². The molecule has 90 valence electrons. The molecule has 2 aromatic rings. The quantitative estimate of drug-likeness (QED) is 0.875. The van der Waals surface area contributed by atoms with Crippen molar-refractivity contribution in [3.05, 3.63) is 36.2 Å². The molecule has 17 heavy (non-hydrogen) atoms. The minimum Gasteiger partial charge on any atom is -0.423 e. The SMILES string of the molecule is CCC(N)c1cccc(Oc2ncn(C)n2)c1. The normalized spacial score (nSPS) is 12.4. The molecule has 0 fully saturated rings. The van der Waals surface area contributed by atoms with E-state index in [0.29, 0.717) is 11.8 Å². The van der Waals surface area contributed by atoms with Gasteiger partial charge in [0.05, 0.1) is 0 Å². The number of hydrogen-bond donors (Lipinski definition) is 1. The van der Waals surface area contributed by atoms with Crippen LogP contribution in [0.2, 0.25) is 0 Å². The Balaban J connectivity index is 2.16. The standard InChI is InChI=1S/C12H16N4O/c1-3-11(13)9-5-4-6-10(7-9)17-12-14-8-16(2)15-12/h4-8,11H,3,13H2,1-2H3. The van der Waals surface area contributed by atoms with E-state index in [1.165, 1.54) is 0 Å². The van der Waals surface area contributed by atoms with Gasteiger partial charge in [-0.15, -0.1) is 5.10 Å². The summed E-state index contributed by atoms with van der Waals surface area (Å²) in [6.07, 6.45) is 2.49. The summed E-state index contributed by atoms with van der Waals surface area (Å²) in [6.45, 7) is 2.05. The van der Waals surface area contributed by atoms with Gasteiger partial charge < -0.3 is 10.5 Å². The van der Waals surface area contributed by atoms with Crippen LogP contribution in [-0.4, -0.2) is 14.8 Å². The summed E-state index contributed by atoms with van der Waals surface area (Å²) in [4.78, 5) is 4.00. The number of hydrogen-bond acceptors (Lipinski definition) is 4. The highest BCUT2D eigenvalue weighted by molar-refractivity contribution is 5.31. The van der Waals surface area contributed by atoms with Gasteiger partial charge in [-0.1, -0.05) is 19.1 Å². The number of rotatable bonds is 4. The first-order chi connectivity index (χ1) is 8.19. The second-order valence-corrected chi connectivity index (χ2v) is 3.89. The Morgan fingerprint density at radius 3 is 2.94 bits per heavy atom. The third kappa shape index (κ3) is 2.82. The van der Waals surface area contributed by atoms with E-state index in [2.05, 4.69) is 17.0 Å². The summed E-state index contributed by atoms with van der Waals surface area (Å²) < 4.78 is 7.13. The van der Waals surface area contributed by atoms with Gasteiger partial charge in [0, 0.05) is 13.1 Å². The summed E-state index contributed by atoms with van der Waals surface area (Å²) in [7, 11) is 1.79. The van der Waals surface area contributed by atoms with Gasteiger partial charge in [0.2, 0.25) is 0 Å². The van der Waals surface area contributed by atoms with Crippen molar-refractivity contribution < 1.29 is 4.74 Å². The molecule has 2 N–H and O–H groups in total. The molecule has 0 aliphatic heterocycles. The Morgan fingerprint density at radius 2 is 2.29 bits per heavy atom. The van der Waals surface area contributed by atoms with Gasteiger partial charge in [-0.05, 0) is 24.1 Å². The van der Waals surface area contributed by atoms with Gasteiger partial charge in [0.1, 0.15) is 12.1 Å². The lowest BCUT2D eigenvalue weighted by atomic mass is 10.1. The Morgan fingerprint density at radius 1 is 1.47 bits per heavy atom. The van der Waals surface area contributed by atoms with Gasteiger partial charge in [0.15, 0.2) is 0 Å². The zero-order chi connectivity index (χ0) is 12.3. The van der Waals surface area contributed by atoms with Crippen LogP contribution in [-0.2, 0) is 7.05 Å². The zero-order valence-electron chi connectivity index (χ0n) is 10.00. The molecule has 0 amide bonds. The van der Waals surface area contributed by atoms with Crippen LogP contribution in [0.1, 0.15) is 24.9 Å². The van der Waals surface area contributed by atoms with E-state index in [4.69, 9.17) is 10.5 Å². The molecule has 1 aromatic heterocycles. The average Bonchev–Trinajstić information content (AvgIpc) is 2.74. The van der Waals surface area contributed by atoms with Crippen molar-refractivity contribution >= 4 is 0 Å². The predicted molar refractivity (Wildman–Crippen MR) is 64.7 cm³/mol. The number of benzene rings is 1. The molecule has 5 nitrogen and oxygen atoms in total. The Bertz CT molecular complexity index is 495. The van der Waals surface area contributed by atoms with Gasteiger partial charge in [-0.25, -0.2) is 0 Å². The third-order valence-corrected chi connectivity index (χ3v) is 2.51. The molecule has 0 radical (unpaired) electrons. The van der Waals surface area contributed by atoms with E-state index in [0.717, 1.165) is 12.0 Å². The Labute approximate surface area is 100 Å². The maximum absolute atomic E-state index is 5.97. The number of aromatic nitrogens is 3. The molecule has 0 aliphatic rings. The molecule has 0 bridgehead atoms. The van der Waals surface area contributed by atoms with Crippen LogP contribution >= 0.6 is 0 Å². The lowest BCUT2D eigenvalue weighted by molar-refractivity contribution is 0.438. The Kier molecular flexibility index (Phi) is 3.39. The van der Waals surface area contributed by atoms with Gasteiger partial charge in [-0.2, -0.15) is 4.98 Å². The van der Waals surface area contributed by atoms with Crippen LogP contribution < -0.4 is 10.5 Å². The van der Waals surface area contributed by atoms with E-state index in [1.54, 1.807) is 18.1 Å². The number of aryl methyl sites for hydroxylation is 1. The fourth-order valence-electron chi connectivity index (χ4n) is 1.52. The van der Waals surface area contributed by atoms with E-state index < -0.39 is 0 Å². The van der Waals surface area contributed by atoms with Crippen LogP contribution in [0.5, 0.6) is 11.8 Å².